The van der Waals surface area contributed by atoms with E-state index in [0.717, 1.165) is 103 Å². The summed E-state index contributed by atoms with van der Waals surface area (Å²) < 4.78 is 82.7. The van der Waals surface area contributed by atoms with Crippen LogP contribution in [0.15, 0.2) is 189 Å². The Morgan fingerprint density at radius 1 is 0.390 bits per heavy atom. The molecule has 0 saturated carbocycles. The van der Waals surface area contributed by atoms with E-state index in [4.69, 9.17) is 71.1 Å². The molecular weight excluding hydrogens is 1780 g/mol. The number of aliphatic hydroxyl groups excluding tert-OH is 3. The number of benzene rings is 6. The quantitative estimate of drug-likeness (QED) is 0.00838. The van der Waals surface area contributed by atoms with Gasteiger partial charge in [-0.25, -0.2) is 19.2 Å². The summed E-state index contributed by atoms with van der Waals surface area (Å²) in [5.41, 5.74) is 6.86. The van der Waals surface area contributed by atoms with Crippen molar-refractivity contribution >= 4 is 94.8 Å². The number of aliphatic carboxylic acids is 1. The summed E-state index contributed by atoms with van der Waals surface area (Å²) in [5.74, 6) is -19.3. The van der Waals surface area contributed by atoms with Crippen molar-refractivity contribution in [3.05, 3.63) is 206 Å². The third kappa shape index (κ3) is 31.6. The predicted molar refractivity (Wildman–Crippen MR) is 479 cm³/mol. The molecule has 6 aromatic carbocycles. The fourth-order valence-electron chi connectivity index (χ4n) is 15.6. The number of Topliss-reactive ketones (excluding diaryl/α,β-unsaturated/α-hetero) is 3. The maximum atomic E-state index is 13.4. The Kier molecular flexibility index (Phi) is 42.2. The van der Waals surface area contributed by atoms with Crippen LogP contribution in [0.25, 0.3) is 33.4 Å². The first-order valence-corrected chi connectivity index (χ1v) is 43.2. The molecule has 0 bridgehead atoms. The van der Waals surface area contributed by atoms with E-state index in [1.54, 1.807) is 48.5 Å². The zero-order valence-electron chi connectivity index (χ0n) is 77.2. The van der Waals surface area contributed by atoms with E-state index in [1.807, 2.05) is 115 Å². The van der Waals surface area contributed by atoms with Crippen LogP contribution < -0.4 is 16.0 Å². The fourth-order valence-corrected chi connectivity index (χ4v) is 15.6. The summed E-state index contributed by atoms with van der Waals surface area (Å²) in [6.07, 6.45) is -17.9. The predicted octanol–water partition coefficient (Wildman–Crippen LogP) is 7.62. The molecule has 0 radical (unpaired) electrons. The number of rotatable bonds is 42. The van der Waals surface area contributed by atoms with Gasteiger partial charge in [-0.3, -0.25) is 57.5 Å². The number of carboxylic acids is 1. The molecule has 3 unspecified atom stereocenters. The third-order valence-electron chi connectivity index (χ3n) is 21.5. The number of carbonyl (C=O) groups excluding carboxylic acids is 15. The number of hydrogen-bond donors (Lipinski definition) is 7. The van der Waals surface area contributed by atoms with Crippen LogP contribution in [0.1, 0.15) is 151 Å². The molecule has 3 heterocycles. The van der Waals surface area contributed by atoms with Crippen LogP contribution in [0.4, 0.5) is 0 Å². The lowest BCUT2D eigenvalue weighted by Gasteiger charge is -2.48. The van der Waals surface area contributed by atoms with Crippen molar-refractivity contribution in [1.29, 1.82) is 0 Å². The van der Waals surface area contributed by atoms with Crippen molar-refractivity contribution in [1.82, 2.24) is 16.0 Å². The molecule has 18 atom stereocenters. The van der Waals surface area contributed by atoms with E-state index in [0.29, 0.717) is 16.7 Å². The van der Waals surface area contributed by atoms with Gasteiger partial charge in [0.05, 0.1) is 77.7 Å². The molecule has 3 aliphatic rings. The molecule has 7 N–H and O–H groups in total. The molecule has 0 aliphatic carbocycles. The van der Waals surface area contributed by atoms with Crippen molar-refractivity contribution in [2.24, 2.45) is 0 Å². The van der Waals surface area contributed by atoms with E-state index in [2.05, 4.69) is 29.1 Å². The molecular formula is C98H115N3O35. The summed E-state index contributed by atoms with van der Waals surface area (Å²) in [7, 11) is 3.16. The van der Waals surface area contributed by atoms with Crippen molar-refractivity contribution in [2.75, 3.05) is 41.2 Å². The molecule has 3 fully saturated rings. The molecule has 732 valence electrons. The number of ketones is 3. The second kappa shape index (κ2) is 52.4. The number of ether oxygens (including phenoxy) is 15. The highest BCUT2D eigenvalue weighted by molar-refractivity contribution is 5.98. The van der Waals surface area contributed by atoms with E-state index >= 15 is 0 Å². The van der Waals surface area contributed by atoms with Gasteiger partial charge >= 0.3 is 59.7 Å². The van der Waals surface area contributed by atoms with E-state index in [1.165, 1.54) is 26.0 Å². The minimum atomic E-state index is -2.57. The Bertz CT molecular complexity index is 5140. The van der Waals surface area contributed by atoms with E-state index < -0.39 is 212 Å². The van der Waals surface area contributed by atoms with Crippen LogP contribution in [0.5, 0.6) is 0 Å². The standard InChI is InChI=1S/C35H41NO12.C34H39NO14.C29H35NO9/c1-7-19-44-35(34(42)43-6)20-30(46-23(4)39)31(36-21(2)37)33(48-35)32(47-24(5)40)29(45-22(3)38)18-17-28(41)27-15-13-26(14-16-27)25-11-9-8-10-12-25;1-19(36)35-30-28(47-21(3)38)17-34(33(43)44-5,45-18-29(41)42)49-32(30)31(48-22(4)39)27(46-20(2)37)16-15-26(40)25-13-11-24(12-14-25)23-9-7-6-8-10-23;1-4-16-38-29(28(36)37-3)17-24(34)25(30-18(2)31)27(39-29)26(35)23(33)15-14-22(32)21-12-10-20(11-13-21)19-8-6-5-7-9-19/h7-16,29-33H,1,17-20H2,2-6H3,(H,36,37);6-14,27-28,30-32H,15-18H2,1-5H3,(H,35,36)(H,41,42);4-13,23-27,33-35H,1,14-17H2,2-3H3,(H,30,31)/t29-,30-,31-,32-,33?,35-;27-,28-,30-,31-,32?,34-;23-,24-,25-,26-,27?,29-/m111/s1. The molecule has 3 amide bonds. The van der Waals surface area contributed by atoms with Crippen LogP contribution in [0.2, 0.25) is 0 Å². The number of nitrogens with one attached hydrogen (secondary N) is 3. The topological polar surface area (TPSA) is 529 Å². The molecule has 0 spiro atoms. The van der Waals surface area contributed by atoms with E-state index in [-0.39, 0.29) is 69.1 Å². The smallest absolute Gasteiger partial charge is 0.366 e. The molecule has 0 aromatic heterocycles. The number of carboxylic acid groups (broad SMARTS) is 1. The zero-order chi connectivity index (χ0) is 100. The van der Waals surface area contributed by atoms with Crippen LogP contribution in [0.3, 0.4) is 0 Å². The highest BCUT2D eigenvalue weighted by Gasteiger charge is 2.62. The van der Waals surface area contributed by atoms with E-state index in [9.17, 15) is 97.1 Å². The molecule has 3 aliphatic heterocycles. The third-order valence-corrected chi connectivity index (χ3v) is 21.5. The van der Waals surface area contributed by atoms with Crippen LogP contribution in [-0.4, -0.2) is 265 Å². The Morgan fingerprint density at radius 2 is 0.684 bits per heavy atom. The lowest BCUT2D eigenvalue weighted by atomic mass is 9.86. The number of aliphatic hydroxyl groups is 3. The molecule has 38 heteroatoms. The van der Waals surface area contributed by atoms with Crippen LogP contribution in [-0.2, 0) is 133 Å². The minimum absolute atomic E-state index is 0.0991. The average molecular weight is 1890 g/mol. The largest absolute Gasteiger partial charge is 0.480 e. The zero-order valence-corrected chi connectivity index (χ0v) is 77.2. The van der Waals surface area contributed by atoms with Crippen LogP contribution >= 0.6 is 0 Å². The first kappa shape index (κ1) is 110. The summed E-state index contributed by atoms with van der Waals surface area (Å²) in [6, 6.07) is 45.9. The van der Waals surface area contributed by atoms with Crippen molar-refractivity contribution in [3.63, 3.8) is 0 Å². The number of esters is 9. The number of methoxy groups -OCH3 is 3. The Hall–Kier alpha value is -13.4. The highest BCUT2D eigenvalue weighted by Crippen LogP contribution is 2.42. The lowest BCUT2D eigenvalue weighted by Crippen LogP contribution is -2.69. The Labute approximate surface area is 784 Å². The monoisotopic (exact) mass is 1890 g/mol. The van der Waals surface area contributed by atoms with Gasteiger partial charge in [0.2, 0.25) is 17.7 Å². The number of carbonyl (C=O) groups is 16. The van der Waals surface area contributed by atoms with Crippen LogP contribution in [0, 0.1) is 0 Å². The molecule has 136 heavy (non-hydrogen) atoms. The maximum absolute atomic E-state index is 13.4. The summed E-state index contributed by atoms with van der Waals surface area (Å²) in [4.78, 5) is 201. The number of hydrogen-bond acceptors (Lipinski definition) is 34. The first-order chi connectivity index (χ1) is 64.6. The fraction of sp³-hybridized carbons (Fsp3) is 0.429. The summed E-state index contributed by atoms with van der Waals surface area (Å²) in [6.45, 7) is 15.7. The Balaban J connectivity index is 0.000000280. The lowest BCUT2D eigenvalue weighted by molar-refractivity contribution is -0.312. The molecule has 38 nitrogen and oxygen atoms in total. The van der Waals surface area contributed by atoms with Gasteiger partial charge in [-0.15, -0.1) is 13.2 Å². The minimum Gasteiger partial charge on any atom is -0.480 e. The van der Waals surface area contributed by atoms with Crippen molar-refractivity contribution < 1.29 is 168 Å². The van der Waals surface area contributed by atoms with Gasteiger partial charge in [0.1, 0.15) is 55.4 Å². The molecule has 9 rings (SSSR count). The highest BCUT2D eigenvalue weighted by atomic mass is 16.8. The van der Waals surface area contributed by atoms with Gasteiger partial charge in [-0.05, 0) is 52.6 Å². The molecule has 3 saturated heterocycles. The average Bonchev–Trinajstić information content (AvgIpc) is 0.764. The number of amides is 3. The SMILES string of the molecule is C=CCO[C@]1(C(=O)OC)C[C@@H](O)[C@@H](NC(C)=O)C([C@H](O)[C@H](O)CCC(=O)c2ccc(-c3ccccc3)cc2)O1.C=CCO[C@]1(C(=O)OC)C[C@@H](OC(C)=O)[C@@H](NC(C)=O)C([C@H](OC(C)=O)[C@@H](CCC(=O)c2ccc(-c3ccccc3)cc2)OC(C)=O)O1.COC(=O)[C@@]1(OCC(=O)O)C[C@@H](OC(C)=O)[C@@H](NC(C)=O)C([C@H](OC(C)=O)[C@@H](CCC(=O)c2ccc(-c3ccccc3)cc2)OC(C)=O)O1. The summed E-state index contributed by atoms with van der Waals surface area (Å²) >= 11 is 0. The Morgan fingerprint density at radius 3 is 0.978 bits per heavy atom. The molecule has 6 aromatic rings. The van der Waals surface area contributed by atoms with Crippen molar-refractivity contribution in [3.8, 4) is 33.4 Å². The second-order valence-corrected chi connectivity index (χ2v) is 31.7. The van der Waals surface area contributed by atoms with Gasteiger partial charge < -0.3 is 107 Å². The van der Waals surface area contributed by atoms with Gasteiger partial charge in [0, 0.05) is 105 Å². The second-order valence-electron chi connectivity index (χ2n) is 31.7. The van der Waals surface area contributed by atoms with Gasteiger partial charge in [0.15, 0.2) is 29.6 Å². The van der Waals surface area contributed by atoms with Crippen molar-refractivity contribution in [2.45, 2.75) is 229 Å². The normalized spacial score (nSPS) is 22.2. The first-order valence-electron chi connectivity index (χ1n) is 43.2. The van der Waals surface area contributed by atoms with Gasteiger partial charge in [-0.1, -0.05) is 176 Å². The van der Waals surface area contributed by atoms with Gasteiger partial charge in [0.25, 0.3) is 17.4 Å². The van der Waals surface area contributed by atoms with Gasteiger partial charge in [-0.2, -0.15) is 0 Å². The summed E-state index contributed by atoms with van der Waals surface area (Å²) in [5, 5.41) is 49.7. The maximum Gasteiger partial charge on any atom is 0.366 e.